The van der Waals surface area contributed by atoms with Crippen LogP contribution < -0.4 is 10.1 Å². The molecule has 0 aliphatic rings. The number of hydrogen-bond acceptors (Lipinski definition) is 2. The molecule has 0 aromatic heterocycles. The van der Waals surface area contributed by atoms with Crippen LogP contribution in [0.1, 0.15) is 19.8 Å². The molecule has 90 valence electrons. The predicted octanol–water partition coefficient (Wildman–Crippen LogP) is 3.36. The fourth-order valence-corrected chi connectivity index (χ4v) is 1.84. The predicted molar refractivity (Wildman–Crippen MR) is 67.4 cm³/mol. The number of nitrogens with one attached hydrogen (secondary N) is 1. The van der Waals surface area contributed by atoms with E-state index in [0.29, 0.717) is 5.75 Å². The minimum absolute atomic E-state index is 0.0128. The molecule has 0 fully saturated rings. The molecule has 0 heterocycles. The Balaban J connectivity index is 2.71. The van der Waals surface area contributed by atoms with Crippen LogP contribution in [-0.4, -0.2) is 19.7 Å². The average Bonchev–Trinajstić information content (AvgIpc) is 2.24. The molecular formula is C12H17BrFNO. The van der Waals surface area contributed by atoms with Gasteiger partial charge < -0.3 is 10.1 Å². The van der Waals surface area contributed by atoms with E-state index in [4.69, 9.17) is 4.74 Å². The standard InChI is InChI=1S/C12H17BrFNO/c1-3-4-10(8-15-2)16-12-7-9(13)5-6-11(12)14/h5-7,10,15H,3-4,8H2,1-2H3. The van der Waals surface area contributed by atoms with E-state index in [1.807, 2.05) is 7.05 Å². The number of ether oxygens (including phenoxy) is 1. The molecular weight excluding hydrogens is 273 g/mol. The molecule has 0 aliphatic carbocycles. The van der Waals surface area contributed by atoms with Crippen LogP contribution in [0.3, 0.4) is 0 Å². The molecule has 1 N–H and O–H groups in total. The SMILES string of the molecule is CCCC(CNC)Oc1cc(Br)ccc1F. The normalized spacial score (nSPS) is 12.5. The van der Waals surface area contributed by atoms with E-state index in [2.05, 4.69) is 28.2 Å². The molecule has 4 heteroatoms. The third-order valence-corrected chi connectivity index (χ3v) is 2.72. The summed E-state index contributed by atoms with van der Waals surface area (Å²) >= 11 is 3.30. The Bertz CT molecular complexity index is 327. The first-order valence-corrected chi connectivity index (χ1v) is 6.23. The summed E-state index contributed by atoms with van der Waals surface area (Å²) in [5.74, 6) is -0.0107. The Morgan fingerprint density at radius 2 is 2.25 bits per heavy atom. The van der Waals surface area contributed by atoms with Crippen LogP contribution in [0, 0.1) is 5.82 Å². The van der Waals surface area contributed by atoms with Gasteiger partial charge in [0.2, 0.25) is 0 Å². The highest BCUT2D eigenvalue weighted by Gasteiger charge is 2.11. The van der Waals surface area contributed by atoms with Gasteiger partial charge in [0.1, 0.15) is 6.10 Å². The second-order valence-electron chi connectivity index (χ2n) is 3.66. The quantitative estimate of drug-likeness (QED) is 0.867. The van der Waals surface area contributed by atoms with Crippen molar-refractivity contribution in [1.82, 2.24) is 5.32 Å². The third kappa shape index (κ3) is 4.10. The van der Waals surface area contributed by atoms with Gasteiger partial charge in [-0.3, -0.25) is 0 Å². The minimum Gasteiger partial charge on any atom is -0.486 e. The van der Waals surface area contributed by atoms with E-state index in [-0.39, 0.29) is 11.9 Å². The maximum absolute atomic E-state index is 13.4. The lowest BCUT2D eigenvalue weighted by atomic mass is 10.2. The summed E-state index contributed by atoms with van der Waals surface area (Å²) in [4.78, 5) is 0. The smallest absolute Gasteiger partial charge is 0.165 e. The molecule has 1 rings (SSSR count). The first-order chi connectivity index (χ1) is 7.67. The van der Waals surface area contributed by atoms with Crippen LogP contribution in [0.5, 0.6) is 5.75 Å². The Labute approximate surface area is 104 Å². The summed E-state index contributed by atoms with van der Waals surface area (Å²) in [6.45, 7) is 2.81. The number of hydrogen-bond donors (Lipinski definition) is 1. The monoisotopic (exact) mass is 289 g/mol. The van der Waals surface area contributed by atoms with Crippen LogP contribution in [0.2, 0.25) is 0 Å². The summed E-state index contributed by atoms with van der Waals surface area (Å²) in [6.07, 6.45) is 1.94. The molecule has 0 bridgehead atoms. The molecule has 0 radical (unpaired) electrons. The van der Waals surface area contributed by atoms with E-state index < -0.39 is 0 Å². The van der Waals surface area contributed by atoms with Crippen LogP contribution in [0.15, 0.2) is 22.7 Å². The Morgan fingerprint density at radius 1 is 1.50 bits per heavy atom. The second kappa shape index (κ2) is 6.86. The third-order valence-electron chi connectivity index (χ3n) is 2.23. The number of likely N-dealkylation sites (N-methyl/N-ethyl adjacent to an activating group) is 1. The van der Waals surface area contributed by atoms with Gasteiger partial charge in [-0.1, -0.05) is 29.3 Å². The van der Waals surface area contributed by atoms with E-state index in [1.54, 1.807) is 12.1 Å². The molecule has 1 aromatic rings. The van der Waals surface area contributed by atoms with Crippen molar-refractivity contribution >= 4 is 15.9 Å². The maximum atomic E-state index is 13.4. The van der Waals surface area contributed by atoms with Crippen molar-refractivity contribution in [3.63, 3.8) is 0 Å². The lowest BCUT2D eigenvalue weighted by molar-refractivity contribution is 0.181. The van der Waals surface area contributed by atoms with E-state index in [0.717, 1.165) is 23.9 Å². The summed E-state index contributed by atoms with van der Waals surface area (Å²) in [6, 6.07) is 4.73. The summed E-state index contributed by atoms with van der Waals surface area (Å²) in [5, 5.41) is 3.05. The van der Waals surface area contributed by atoms with Gasteiger partial charge in [0.05, 0.1) is 0 Å². The highest BCUT2D eigenvalue weighted by atomic mass is 79.9. The van der Waals surface area contributed by atoms with E-state index in [1.165, 1.54) is 6.07 Å². The molecule has 2 nitrogen and oxygen atoms in total. The van der Waals surface area contributed by atoms with Crippen LogP contribution in [0.25, 0.3) is 0 Å². The zero-order valence-electron chi connectivity index (χ0n) is 9.59. The van der Waals surface area contributed by atoms with Gasteiger partial charge in [0, 0.05) is 11.0 Å². The number of halogens is 2. The van der Waals surface area contributed by atoms with Crippen molar-refractivity contribution in [2.24, 2.45) is 0 Å². The largest absolute Gasteiger partial charge is 0.486 e. The first-order valence-electron chi connectivity index (χ1n) is 5.43. The summed E-state index contributed by atoms with van der Waals surface area (Å²) in [7, 11) is 1.86. The van der Waals surface area contributed by atoms with Crippen molar-refractivity contribution in [1.29, 1.82) is 0 Å². The summed E-state index contributed by atoms with van der Waals surface area (Å²) < 4.78 is 19.9. The van der Waals surface area contributed by atoms with Gasteiger partial charge in [-0.2, -0.15) is 0 Å². The molecule has 0 spiro atoms. The van der Waals surface area contributed by atoms with Gasteiger partial charge in [-0.15, -0.1) is 0 Å². The minimum atomic E-state index is -0.319. The van der Waals surface area contributed by atoms with E-state index in [9.17, 15) is 4.39 Å². The Morgan fingerprint density at radius 3 is 2.88 bits per heavy atom. The molecule has 1 atom stereocenters. The van der Waals surface area contributed by atoms with Gasteiger partial charge in [-0.25, -0.2) is 4.39 Å². The van der Waals surface area contributed by atoms with Gasteiger partial charge in [0.25, 0.3) is 0 Å². The Hall–Kier alpha value is -0.610. The molecule has 0 saturated heterocycles. The lowest BCUT2D eigenvalue weighted by Crippen LogP contribution is -2.29. The molecule has 0 aliphatic heterocycles. The first kappa shape index (κ1) is 13.5. The maximum Gasteiger partial charge on any atom is 0.165 e. The molecule has 0 saturated carbocycles. The zero-order valence-corrected chi connectivity index (χ0v) is 11.2. The fraction of sp³-hybridized carbons (Fsp3) is 0.500. The molecule has 1 unspecified atom stereocenters. The van der Waals surface area contributed by atoms with Crippen LogP contribution in [0.4, 0.5) is 4.39 Å². The Kier molecular flexibility index (Phi) is 5.77. The van der Waals surface area contributed by atoms with Crippen molar-refractivity contribution in [2.75, 3.05) is 13.6 Å². The van der Waals surface area contributed by atoms with E-state index >= 15 is 0 Å². The molecule has 0 amide bonds. The van der Waals surface area contributed by atoms with Crippen molar-refractivity contribution in [3.05, 3.63) is 28.5 Å². The van der Waals surface area contributed by atoms with Crippen molar-refractivity contribution in [3.8, 4) is 5.75 Å². The zero-order chi connectivity index (χ0) is 12.0. The molecule has 16 heavy (non-hydrogen) atoms. The van der Waals surface area contributed by atoms with Crippen LogP contribution in [-0.2, 0) is 0 Å². The lowest BCUT2D eigenvalue weighted by Gasteiger charge is -2.18. The fourth-order valence-electron chi connectivity index (χ4n) is 1.50. The highest BCUT2D eigenvalue weighted by Crippen LogP contribution is 2.23. The van der Waals surface area contributed by atoms with Gasteiger partial charge in [-0.05, 0) is 31.7 Å². The summed E-state index contributed by atoms with van der Waals surface area (Å²) in [5.41, 5.74) is 0. The number of rotatable bonds is 6. The van der Waals surface area contributed by atoms with Crippen molar-refractivity contribution in [2.45, 2.75) is 25.9 Å². The average molecular weight is 290 g/mol. The molecule has 1 aromatic carbocycles. The van der Waals surface area contributed by atoms with Gasteiger partial charge >= 0.3 is 0 Å². The van der Waals surface area contributed by atoms with Gasteiger partial charge in [0.15, 0.2) is 11.6 Å². The number of benzene rings is 1. The highest BCUT2D eigenvalue weighted by molar-refractivity contribution is 9.10. The van der Waals surface area contributed by atoms with Crippen molar-refractivity contribution < 1.29 is 9.13 Å². The van der Waals surface area contributed by atoms with Crippen LogP contribution >= 0.6 is 15.9 Å². The second-order valence-corrected chi connectivity index (χ2v) is 4.58. The topological polar surface area (TPSA) is 21.3 Å².